The van der Waals surface area contributed by atoms with Crippen molar-refractivity contribution in [1.29, 1.82) is 0 Å². The summed E-state index contributed by atoms with van der Waals surface area (Å²) in [6.45, 7) is 2.93. The van der Waals surface area contributed by atoms with Gasteiger partial charge in [0.05, 0.1) is 15.7 Å². The van der Waals surface area contributed by atoms with Crippen LogP contribution in [0.2, 0.25) is 10.0 Å². The van der Waals surface area contributed by atoms with E-state index in [2.05, 4.69) is 11.9 Å². The zero-order valence-electron chi connectivity index (χ0n) is 14.0. The Hall–Kier alpha value is -1.23. The van der Waals surface area contributed by atoms with Crippen molar-refractivity contribution in [2.75, 3.05) is 6.54 Å². The average Bonchev–Trinajstić information content (AvgIpc) is 2.63. The molecule has 1 unspecified atom stereocenters. The summed E-state index contributed by atoms with van der Waals surface area (Å²) in [7, 11) is 0. The van der Waals surface area contributed by atoms with Gasteiger partial charge in [0, 0.05) is 23.2 Å². The lowest BCUT2D eigenvalue weighted by atomic mass is 10.0. The van der Waals surface area contributed by atoms with Crippen LogP contribution in [0.4, 0.5) is 0 Å². The number of hydrogen-bond acceptors (Lipinski definition) is 3. The summed E-state index contributed by atoms with van der Waals surface area (Å²) in [5, 5.41) is 1.10. The molecule has 0 N–H and O–H groups in total. The number of thioether (sulfide) groups is 1. The number of carbonyl (C=O) groups is 1. The van der Waals surface area contributed by atoms with Gasteiger partial charge >= 0.3 is 0 Å². The zero-order valence-corrected chi connectivity index (χ0v) is 16.4. The molecular weight excluding hydrogens is 375 g/mol. The molecule has 0 bridgehead atoms. The van der Waals surface area contributed by atoms with Gasteiger partial charge in [-0.3, -0.25) is 4.79 Å². The summed E-state index contributed by atoms with van der Waals surface area (Å²) in [4.78, 5) is 20.2. The lowest BCUT2D eigenvalue weighted by Crippen LogP contribution is -2.42. The highest BCUT2D eigenvalue weighted by atomic mass is 35.5. The molecule has 25 heavy (non-hydrogen) atoms. The number of aromatic nitrogens is 1. The summed E-state index contributed by atoms with van der Waals surface area (Å²) < 4.78 is 0. The van der Waals surface area contributed by atoms with Crippen LogP contribution in [-0.2, 0) is 5.75 Å². The standard InChI is InChI=1S/C19H20Cl2N2OS/c1-13-6-2-3-11-23(13)19(24)16-9-4-7-14(22-16)12-25-17-10-5-8-15(20)18(17)21/h4-5,7-10,13H,2-3,6,11-12H2,1H3. The van der Waals surface area contributed by atoms with E-state index in [-0.39, 0.29) is 11.9 Å². The van der Waals surface area contributed by atoms with E-state index < -0.39 is 0 Å². The number of halogens is 2. The molecule has 3 nitrogen and oxygen atoms in total. The van der Waals surface area contributed by atoms with Gasteiger partial charge in [0.1, 0.15) is 5.69 Å². The molecular formula is C19H20Cl2N2OS. The molecule has 132 valence electrons. The fourth-order valence-electron chi connectivity index (χ4n) is 2.97. The van der Waals surface area contributed by atoms with Crippen molar-refractivity contribution < 1.29 is 4.79 Å². The van der Waals surface area contributed by atoms with Gasteiger partial charge in [-0.25, -0.2) is 4.98 Å². The van der Waals surface area contributed by atoms with Crippen LogP contribution in [-0.4, -0.2) is 28.4 Å². The van der Waals surface area contributed by atoms with Crippen molar-refractivity contribution in [3.05, 3.63) is 57.8 Å². The van der Waals surface area contributed by atoms with Crippen molar-refractivity contribution in [1.82, 2.24) is 9.88 Å². The highest BCUT2D eigenvalue weighted by Gasteiger charge is 2.25. The molecule has 2 heterocycles. The Morgan fingerprint density at radius 3 is 2.84 bits per heavy atom. The number of likely N-dealkylation sites (tertiary alicyclic amines) is 1. The first-order valence-electron chi connectivity index (χ1n) is 8.40. The number of nitrogens with zero attached hydrogens (tertiary/aromatic N) is 2. The third-order valence-electron chi connectivity index (χ3n) is 4.38. The zero-order chi connectivity index (χ0) is 17.8. The first kappa shape index (κ1) is 18.6. The summed E-state index contributed by atoms with van der Waals surface area (Å²) in [6.07, 6.45) is 3.32. The molecule has 1 aromatic heterocycles. The number of hydrogen-bond donors (Lipinski definition) is 0. The average molecular weight is 395 g/mol. The third kappa shape index (κ3) is 4.49. The fourth-order valence-corrected chi connectivity index (χ4v) is 4.37. The molecule has 1 aromatic carbocycles. The monoisotopic (exact) mass is 394 g/mol. The normalized spacial score (nSPS) is 17.6. The van der Waals surface area contributed by atoms with Gasteiger partial charge in [0.25, 0.3) is 5.91 Å². The van der Waals surface area contributed by atoms with Crippen LogP contribution in [0.3, 0.4) is 0 Å². The van der Waals surface area contributed by atoms with Gasteiger partial charge in [-0.2, -0.15) is 0 Å². The Kier molecular flexibility index (Phi) is 6.26. The minimum Gasteiger partial charge on any atom is -0.335 e. The van der Waals surface area contributed by atoms with E-state index in [1.54, 1.807) is 23.9 Å². The van der Waals surface area contributed by atoms with E-state index in [9.17, 15) is 4.79 Å². The Morgan fingerprint density at radius 2 is 2.04 bits per heavy atom. The van der Waals surface area contributed by atoms with Crippen LogP contribution in [0.25, 0.3) is 0 Å². The molecule has 0 spiro atoms. The lowest BCUT2D eigenvalue weighted by Gasteiger charge is -2.33. The van der Waals surface area contributed by atoms with Gasteiger partial charge in [-0.15, -0.1) is 11.8 Å². The van der Waals surface area contributed by atoms with Crippen molar-refractivity contribution in [3.63, 3.8) is 0 Å². The van der Waals surface area contributed by atoms with Crippen molar-refractivity contribution in [3.8, 4) is 0 Å². The Balaban J connectivity index is 1.71. The molecule has 0 aliphatic carbocycles. The Morgan fingerprint density at radius 1 is 1.24 bits per heavy atom. The Labute approximate surface area is 162 Å². The van der Waals surface area contributed by atoms with Crippen molar-refractivity contribution in [2.45, 2.75) is 42.9 Å². The SMILES string of the molecule is CC1CCCCN1C(=O)c1cccc(CSc2cccc(Cl)c2Cl)n1. The smallest absolute Gasteiger partial charge is 0.272 e. The van der Waals surface area contributed by atoms with Crippen molar-refractivity contribution in [2.24, 2.45) is 0 Å². The number of rotatable bonds is 4. The summed E-state index contributed by atoms with van der Waals surface area (Å²) >= 11 is 13.8. The van der Waals surface area contributed by atoms with Crippen LogP contribution in [0.1, 0.15) is 42.4 Å². The molecule has 1 aliphatic heterocycles. The van der Waals surface area contributed by atoms with Gasteiger partial charge < -0.3 is 4.90 Å². The number of amides is 1. The lowest BCUT2D eigenvalue weighted by molar-refractivity contribution is 0.0629. The maximum atomic E-state index is 12.8. The highest BCUT2D eigenvalue weighted by molar-refractivity contribution is 7.98. The van der Waals surface area contributed by atoms with Crippen molar-refractivity contribution >= 4 is 40.9 Å². The maximum absolute atomic E-state index is 12.8. The van der Waals surface area contributed by atoms with Crippen LogP contribution >= 0.6 is 35.0 Å². The molecule has 1 amide bonds. The predicted octanol–water partition coefficient (Wildman–Crippen LogP) is 5.70. The molecule has 1 atom stereocenters. The molecule has 1 saturated heterocycles. The molecule has 1 aliphatic rings. The summed E-state index contributed by atoms with van der Waals surface area (Å²) in [5.74, 6) is 0.663. The molecule has 0 radical (unpaired) electrons. The number of pyridine rings is 1. The fraction of sp³-hybridized carbons (Fsp3) is 0.368. The molecule has 2 aromatic rings. The minimum absolute atomic E-state index is 0.0276. The third-order valence-corrected chi connectivity index (χ3v) is 6.40. The quantitative estimate of drug-likeness (QED) is 0.623. The topological polar surface area (TPSA) is 33.2 Å². The summed E-state index contributed by atoms with van der Waals surface area (Å²) in [5.41, 5.74) is 1.38. The molecule has 0 saturated carbocycles. The van der Waals surface area contributed by atoms with Crippen LogP contribution < -0.4 is 0 Å². The van der Waals surface area contributed by atoms with E-state index in [0.717, 1.165) is 30.0 Å². The van der Waals surface area contributed by atoms with E-state index in [1.165, 1.54) is 6.42 Å². The highest BCUT2D eigenvalue weighted by Crippen LogP contribution is 2.34. The second-order valence-corrected chi connectivity index (χ2v) is 8.00. The summed E-state index contributed by atoms with van der Waals surface area (Å²) in [6, 6.07) is 11.5. The number of piperidine rings is 1. The van der Waals surface area contributed by atoms with Gasteiger partial charge in [0.15, 0.2) is 0 Å². The van der Waals surface area contributed by atoms with E-state index >= 15 is 0 Å². The van der Waals surface area contributed by atoms with Gasteiger partial charge in [-0.05, 0) is 50.5 Å². The minimum atomic E-state index is 0.0276. The van der Waals surface area contributed by atoms with Crippen LogP contribution in [0.5, 0.6) is 0 Å². The van der Waals surface area contributed by atoms with E-state index in [0.29, 0.717) is 21.5 Å². The van der Waals surface area contributed by atoms with Crippen LogP contribution in [0, 0.1) is 0 Å². The number of carbonyl (C=O) groups excluding carboxylic acids is 1. The first-order chi connectivity index (χ1) is 12.1. The predicted molar refractivity (Wildman–Crippen MR) is 105 cm³/mol. The maximum Gasteiger partial charge on any atom is 0.272 e. The second kappa shape index (κ2) is 8.43. The Bertz CT molecular complexity index is 769. The second-order valence-electron chi connectivity index (χ2n) is 6.20. The van der Waals surface area contributed by atoms with E-state index in [4.69, 9.17) is 23.2 Å². The molecule has 6 heteroatoms. The number of benzene rings is 1. The van der Waals surface area contributed by atoms with E-state index in [1.807, 2.05) is 29.2 Å². The largest absolute Gasteiger partial charge is 0.335 e. The molecule has 3 rings (SSSR count). The van der Waals surface area contributed by atoms with Crippen LogP contribution in [0.15, 0.2) is 41.3 Å². The molecule has 1 fully saturated rings. The first-order valence-corrected chi connectivity index (χ1v) is 10.1. The van der Waals surface area contributed by atoms with Gasteiger partial charge in [0.2, 0.25) is 0 Å². The van der Waals surface area contributed by atoms with Gasteiger partial charge in [-0.1, -0.05) is 35.3 Å².